The Bertz CT molecular complexity index is 467. The lowest BCUT2D eigenvalue weighted by Crippen LogP contribution is -2.32. The molecule has 0 bridgehead atoms. The van der Waals surface area contributed by atoms with E-state index >= 15 is 0 Å². The maximum atomic E-state index is 13.8. The van der Waals surface area contributed by atoms with Crippen LogP contribution in [0.1, 0.15) is 57.5 Å². The molecule has 0 aliphatic heterocycles. The van der Waals surface area contributed by atoms with Gasteiger partial charge >= 0.3 is 0 Å². The van der Waals surface area contributed by atoms with Crippen molar-refractivity contribution in [2.75, 3.05) is 6.54 Å². The lowest BCUT2D eigenvalue weighted by atomic mass is 9.85. The van der Waals surface area contributed by atoms with Crippen LogP contribution in [0.4, 0.5) is 4.39 Å². The van der Waals surface area contributed by atoms with Gasteiger partial charge in [0.1, 0.15) is 5.82 Å². The van der Waals surface area contributed by atoms with Gasteiger partial charge in [0, 0.05) is 12.1 Å². The summed E-state index contributed by atoms with van der Waals surface area (Å²) in [6, 6.07) is 4.54. The van der Waals surface area contributed by atoms with Crippen LogP contribution in [0.5, 0.6) is 0 Å². The minimum atomic E-state index is -0.315. The molecule has 0 aliphatic rings. The van der Waals surface area contributed by atoms with Gasteiger partial charge in [-0.2, -0.15) is 0 Å². The molecule has 0 aliphatic carbocycles. The minimum absolute atomic E-state index is 0.0303. The fourth-order valence-corrected chi connectivity index (χ4v) is 1.69. The van der Waals surface area contributed by atoms with Crippen LogP contribution in [0.3, 0.4) is 0 Å². The zero-order valence-electron chi connectivity index (χ0n) is 12.7. The fourth-order valence-electron chi connectivity index (χ4n) is 1.69. The van der Waals surface area contributed by atoms with Crippen LogP contribution in [-0.4, -0.2) is 12.5 Å². The van der Waals surface area contributed by atoms with Gasteiger partial charge in [0.15, 0.2) is 0 Å². The van der Waals surface area contributed by atoms with Crippen LogP contribution in [-0.2, 0) is 5.41 Å². The van der Waals surface area contributed by atoms with Crippen molar-refractivity contribution >= 4 is 5.91 Å². The fraction of sp³-hybridized carbons (Fsp3) is 0.562. The summed E-state index contributed by atoms with van der Waals surface area (Å²) >= 11 is 0. The van der Waals surface area contributed by atoms with E-state index in [1.807, 2.05) is 20.8 Å². The van der Waals surface area contributed by atoms with E-state index in [0.717, 1.165) is 0 Å². The summed E-state index contributed by atoms with van der Waals surface area (Å²) in [5.74, 6) is -0.416. The van der Waals surface area contributed by atoms with Crippen LogP contribution in [0.25, 0.3) is 0 Å². The highest BCUT2D eigenvalue weighted by Gasteiger charge is 2.20. The zero-order chi connectivity index (χ0) is 14.8. The molecule has 1 aromatic rings. The number of hydrogen-bond acceptors (Lipinski definition) is 1. The Morgan fingerprint density at radius 2 is 1.74 bits per heavy atom. The Morgan fingerprint density at radius 1 is 1.16 bits per heavy atom. The Kier molecular flexibility index (Phi) is 4.39. The number of rotatable bonds is 2. The van der Waals surface area contributed by atoms with E-state index in [4.69, 9.17) is 0 Å². The monoisotopic (exact) mass is 265 g/mol. The quantitative estimate of drug-likeness (QED) is 0.863. The summed E-state index contributed by atoms with van der Waals surface area (Å²) < 4.78 is 13.8. The van der Waals surface area contributed by atoms with Gasteiger partial charge in [-0.05, 0) is 34.6 Å². The van der Waals surface area contributed by atoms with Crippen LogP contribution in [0.2, 0.25) is 0 Å². The maximum Gasteiger partial charge on any atom is 0.251 e. The number of nitrogens with one attached hydrogen (secondary N) is 1. The van der Waals surface area contributed by atoms with Gasteiger partial charge < -0.3 is 5.32 Å². The first-order valence-electron chi connectivity index (χ1n) is 6.59. The molecule has 0 spiro atoms. The molecule has 0 saturated carbocycles. The lowest BCUT2D eigenvalue weighted by Gasteiger charge is -2.21. The number of halogens is 1. The summed E-state index contributed by atoms with van der Waals surface area (Å²) in [6.07, 6.45) is 0. The van der Waals surface area contributed by atoms with Crippen LogP contribution in [0.15, 0.2) is 18.2 Å². The highest BCUT2D eigenvalue weighted by Crippen LogP contribution is 2.26. The van der Waals surface area contributed by atoms with E-state index in [1.54, 1.807) is 6.07 Å². The largest absolute Gasteiger partial charge is 0.352 e. The van der Waals surface area contributed by atoms with E-state index < -0.39 is 0 Å². The second-order valence-corrected chi connectivity index (χ2v) is 7.19. The summed E-state index contributed by atoms with van der Waals surface area (Å²) in [6.45, 7) is 12.6. The van der Waals surface area contributed by atoms with Crippen molar-refractivity contribution in [3.8, 4) is 0 Å². The number of carbonyl (C=O) groups excluding carboxylic acids is 1. The minimum Gasteiger partial charge on any atom is -0.352 e. The molecule has 1 N–H and O–H groups in total. The zero-order valence-corrected chi connectivity index (χ0v) is 12.7. The van der Waals surface area contributed by atoms with Crippen molar-refractivity contribution in [3.63, 3.8) is 0 Å². The second kappa shape index (κ2) is 5.32. The van der Waals surface area contributed by atoms with Crippen molar-refractivity contribution < 1.29 is 9.18 Å². The van der Waals surface area contributed by atoms with Gasteiger partial charge in [-0.25, -0.2) is 4.39 Å². The lowest BCUT2D eigenvalue weighted by molar-refractivity contribution is 0.0939. The van der Waals surface area contributed by atoms with Crippen LogP contribution < -0.4 is 5.32 Å². The third kappa shape index (κ3) is 4.66. The molecule has 0 heterocycles. The predicted octanol–water partition coefficient (Wildman–Crippen LogP) is 3.90. The summed E-state index contributed by atoms with van der Waals surface area (Å²) in [5.41, 5.74) is 0.791. The molecule has 3 heteroatoms. The molecule has 0 fully saturated rings. The molecule has 0 unspecified atom stereocenters. The van der Waals surface area contributed by atoms with Crippen LogP contribution >= 0.6 is 0 Å². The molecule has 1 aromatic carbocycles. The van der Waals surface area contributed by atoms with Gasteiger partial charge in [-0.15, -0.1) is 0 Å². The highest BCUT2D eigenvalue weighted by molar-refractivity contribution is 5.94. The molecular formula is C16H24FNO. The van der Waals surface area contributed by atoms with E-state index in [2.05, 4.69) is 26.1 Å². The number of amides is 1. The molecule has 2 nitrogen and oxygen atoms in total. The smallest absolute Gasteiger partial charge is 0.251 e. The Hall–Kier alpha value is -1.38. The van der Waals surface area contributed by atoms with Gasteiger partial charge in [0.2, 0.25) is 0 Å². The van der Waals surface area contributed by atoms with Gasteiger partial charge in [-0.1, -0.05) is 41.5 Å². The molecule has 0 saturated heterocycles. The average molecular weight is 265 g/mol. The number of carbonyl (C=O) groups is 1. The van der Waals surface area contributed by atoms with Gasteiger partial charge in [0.05, 0.1) is 0 Å². The number of hydrogen-bond donors (Lipinski definition) is 1. The molecule has 0 aromatic heterocycles. The van der Waals surface area contributed by atoms with Crippen molar-refractivity contribution in [1.82, 2.24) is 5.32 Å². The molecule has 1 amide bonds. The molecule has 0 atom stereocenters. The summed E-state index contributed by atoms with van der Waals surface area (Å²) in [5, 5.41) is 2.88. The molecule has 0 radical (unpaired) electrons. The van der Waals surface area contributed by atoms with Crippen LogP contribution in [0, 0.1) is 11.2 Å². The normalized spacial score (nSPS) is 12.4. The first kappa shape index (κ1) is 15.7. The topological polar surface area (TPSA) is 29.1 Å². The molecule has 19 heavy (non-hydrogen) atoms. The Morgan fingerprint density at radius 3 is 2.21 bits per heavy atom. The summed E-state index contributed by atoms with van der Waals surface area (Å²) in [7, 11) is 0. The second-order valence-electron chi connectivity index (χ2n) is 7.19. The van der Waals surface area contributed by atoms with E-state index in [-0.39, 0.29) is 22.6 Å². The third-order valence-electron chi connectivity index (χ3n) is 2.82. The first-order chi connectivity index (χ1) is 8.50. The van der Waals surface area contributed by atoms with E-state index in [1.165, 1.54) is 12.1 Å². The molecule has 106 valence electrons. The predicted molar refractivity (Wildman–Crippen MR) is 76.9 cm³/mol. The Balaban J connectivity index is 2.94. The maximum absolute atomic E-state index is 13.8. The first-order valence-corrected chi connectivity index (χ1v) is 6.59. The van der Waals surface area contributed by atoms with Crippen molar-refractivity contribution in [2.24, 2.45) is 5.41 Å². The standard InChI is InChI=1S/C16H24FNO/c1-15(2,3)10-18-14(19)11-7-8-13(17)12(9-11)16(4,5)6/h7-9H,10H2,1-6H3,(H,18,19). The number of benzene rings is 1. The van der Waals surface area contributed by atoms with E-state index in [9.17, 15) is 9.18 Å². The average Bonchev–Trinajstić information content (AvgIpc) is 2.24. The van der Waals surface area contributed by atoms with Crippen molar-refractivity contribution in [3.05, 3.63) is 35.1 Å². The van der Waals surface area contributed by atoms with Gasteiger partial charge in [0.25, 0.3) is 5.91 Å². The van der Waals surface area contributed by atoms with Crippen molar-refractivity contribution in [1.29, 1.82) is 0 Å². The van der Waals surface area contributed by atoms with Crippen molar-refractivity contribution in [2.45, 2.75) is 47.0 Å². The summed E-state index contributed by atoms with van der Waals surface area (Å²) in [4.78, 5) is 12.0. The van der Waals surface area contributed by atoms with E-state index in [0.29, 0.717) is 17.7 Å². The third-order valence-corrected chi connectivity index (χ3v) is 2.82. The van der Waals surface area contributed by atoms with Gasteiger partial charge in [-0.3, -0.25) is 4.79 Å². The highest BCUT2D eigenvalue weighted by atomic mass is 19.1. The molecule has 1 rings (SSSR count). The SMILES string of the molecule is CC(C)(C)CNC(=O)c1ccc(F)c(C(C)(C)C)c1. The molecular weight excluding hydrogens is 241 g/mol. The Labute approximate surface area is 115 Å².